The molecule has 1 aliphatic heterocycles. The highest BCUT2D eigenvalue weighted by atomic mass is 32.2. The molecule has 1 aliphatic rings. The van der Waals surface area contributed by atoms with Gasteiger partial charge >= 0.3 is 0 Å². The molecule has 0 aromatic heterocycles. The van der Waals surface area contributed by atoms with Crippen LogP contribution >= 0.6 is 0 Å². The van der Waals surface area contributed by atoms with Gasteiger partial charge < -0.3 is 5.32 Å². The Morgan fingerprint density at radius 2 is 2.00 bits per heavy atom. The van der Waals surface area contributed by atoms with E-state index < -0.39 is 10.0 Å². The molecule has 1 N–H and O–H groups in total. The second-order valence-electron chi connectivity index (χ2n) is 6.17. The summed E-state index contributed by atoms with van der Waals surface area (Å²) in [6.45, 7) is 5.28. The minimum absolute atomic E-state index is 0.165. The number of hydrogen-bond donors (Lipinski definition) is 1. The van der Waals surface area contributed by atoms with Gasteiger partial charge in [-0.05, 0) is 36.5 Å². The summed E-state index contributed by atoms with van der Waals surface area (Å²) >= 11 is 0. The van der Waals surface area contributed by atoms with E-state index in [0.717, 1.165) is 18.4 Å². The summed E-state index contributed by atoms with van der Waals surface area (Å²) in [5.74, 6) is 0.0198. The van der Waals surface area contributed by atoms with Crippen LogP contribution in [0.2, 0.25) is 0 Å². The number of benzene rings is 1. The number of nitrogens with zero attached hydrogens (tertiary/aromatic N) is 1. The van der Waals surface area contributed by atoms with Crippen LogP contribution in [0.1, 0.15) is 38.3 Å². The van der Waals surface area contributed by atoms with Crippen LogP contribution in [0.25, 0.3) is 0 Å². The average Bonchev–Trinajstić information content (AvgIpc) is 2.46. The maximum Gasteiger partial charge on any atom is 0.211 e. The van der Waals surface area contributed by atoms with Gasteiger partial charge in [-0.25, -0.2) is 17.1 Å². The van der Waals surface area contributed by atoms with E-state index in [1.807, 2.05) is 12.1 Å². The molecular formula is C16H25FN2O2S. The molecule has 0 saturated carbocycles. The smallest absolute Gasteiger partial charge is 0.211 e. The number of hydrogen-bond acceptors (Lipinski definition) is 3. The average molecular weight is 328 g/mol. The number of sulfonamides is 1. The summed E-state index contributed by atoms with van der Waals surface area (Å²) in [5.41, 5.74) is 1.07. The summed E-state index contributed by atoms with van der Waals surface area (Å²) < 4.78 is 37.9. The Labute approximate surface area is 132 Å². The van der Waals surface area contributed by atoms with Crippen molar-refractivity contribution in [1.29, 1.82) is 0 Å². The lowest BCUT2D eigenvalue weighted by Crippen LogP contribution is -2.50. The zero-order valence-corrected chi connectivity index (χ0v) is 14.2. The molecule has 124 valence electrons. The maximum atomic E-state index is 13.0. The van der Waals surface area contributed by atoms with Crippen LogP contribution in [-0.2, 0) is 10.0 Å². The highest BCUT2D eigenvalue weighted by Crippen LogP contribution is 2.24. The molecular weight excluding hydrogens is 303 g/mol. The Bertz CT molecular complexity index is 589. The Kier molecular flexibility index (Phi) is 5.58. The zero-order valence-electron chi connectivity index (χ0n) is 13.4. The zero-order chi connectivity index (χ0) is 16.3. The van der Waals surface area contributed by atoms with E-state index >= 15 is 0 Å². The molecule has 2 rings (SSSR count). The maximum absolute atomic E-state index is 13.0. The largest absolute Gasteiger partial charge is 0.307 e. The molecule has 22 heavy (non-hydrogen) atoms. The van der Waals surface area contributed by atoms with Crippen molar-refractivity contribution >= 4 is 10.0 Å². The number of piperidine rings is 1. The lowest BCUT2D eigenvalue weighted by atomic mass is 9.93. The van der Waals surface area contributed by atoms with Gasteiger partial charge in [0, 0.05) is 25.2 Å². The van der Waals surface area contributed by atoms with Crippen LogP contribution in [-0.4, -0.2) is 38.1 Å². The molecule has 0 bridgehead atoms. The molecule has 0 aliphatic carbocycles. The lowest BCUT2D eigenvalue weighted by molar-refractivity contribution is 0.206. The summed E-state index contributed by atoms with van der Waals surface area (Å²) in [6, 6.07) is 7.02. The molecule has 4 nitrogen and oxygen atoms in total. The van der Waals surface area contributed by atoms with E-state index in [2.05, 4.69) is 19.2 Å². The quantitative estimate of drug-likeness (QED) is 0.904. The van der Waals surface area contributed by atoms with E-state index in [1.54, 1.807) is 4.31 Å². The van der Waals surface area contributed by atoms with Gasteiger partial charge in [0.15, 0.2) is 0 Å². The molecule has 1 aromatic carbocycles. The van der Waals surface area contributed by atoms with Crippen LogP contribution in [0.3, 0.4) is 0 Å². The number of halogens is 1. The van der Waals surface area contributed by atoms with Crippen molar-refractivity contribution in [2.24, 2.45) is 5.92 Å². The SMILES string of the molecule is CC[C@H](N[C@@H]1CCN(S(C)(=O)=O)C[C@@H]1C)c1ccc(F)cc1. The normalized spacial score (nSPS) is 25.1. The van der Waals surface area contributed by atoms with E-state index in [0.29, 0.717) is 13.1 Å². The highest BCUT2D eigenvalue weighted by Gasteiger charge is 2.31. The van der Waals surface area contributed by atoms with Crippen LogP contribution in [0, 0.1) is 11.7 Å². The summed E-state index contributed by atoms with van der Waals surface area (Å²) in [6.07, 6.45) is 2.97. The molecule has 1 aromatic rings. The third-order valence-electron chi connectivity index (χ3n) is 4.43. The standard InChI is InChI=1S/C16H25FN2O2S/c1-4-15(13-5-7-14(17)8-6-13)18-16-9-10-19(11-12(16)2)22(3,20)21/h5-8,12,15-16,18H,4,9-11H2,1-3H3/t12-,15-,16+/m0/s1. The molecule has 3 atom stereocenters. The first-order valence-electron chi connectivity index (χ1n) is 7.78. The van der Waals surface area contributed by atoms with E-state index in [4.69, 9.17) is 0 Å². The van der Waals surface area contributed by atoms with Crippen LogP contribution in [0.4, 0.5) is 4.39 Å². The third kappa shape index (κ3) is 4.27. The molecule has 1 fully saturated rings. The van der Waals surface area contributed by atoms with Gasteiger partial charge in [0.1, 0.15) is 5.82 Å². The Balaban J connectivity index is 2.02. The third-order valence-corrected chi connectivity index (χ3v) is 5.70. The van der Waals surface area contributed by atoms with Crippen molar-refractivity contribution in [3.8, 4) is 0 Å². The van der Waals surface area contributed by atoms with E-state index in [9.17, 15) is 12.8 Å². The predicted octanol–water partition coefficient (Wildman–Crippen LogP) is 2.54. The molecule has 6 heteroatoms. The first kappa shape index (κ1) is 17.4. The molecule has 0 radical (unpaired) electrons. The highest BCUT2D eigenvalue weighted by molar-refractivity contribution is 7.88. The van der Waals surface area contributed by atoms with Crippen molar-refractivity contribution in [2.75, 3.05) is 19.3 Å². The number of rotatable bonds is 5. The van der Waals surface area contributed by atoms with Gasteiger partial charge in [-0.1, -0.05) is 26.0 Å². The van der Waals surface area contributed by atoms with Gasteiger partial charge in [0.2, 0.25) is 10.0 Å². The van der Waals surface area contributed by atoms with Crippen molar-refractivity contribution in [1.82, 2.24) is 9.62 Å². The van der Waals surface area contributed by atoms with Gasteiger partial charge in [0.25, 0.3) is 0 Å². The van der Waals surface area contributed by atoms with Gasteiger partial charge in [-0.3, -0.25) is 0 Å². The van der Waals surface area contributed by atoms with Crippen LogP contribution < -0.4 is 5.32 Å². The van der Waals surface area contributed by atoms with E-state index in [1.165, 1.54) is 18.4 Å². The second kappa shape index (κ2) is 7.06. The van der Waals surface area contributed by atoms with Gasteiger partial charge in [0.05, 0.1) is 6.26 Å². The topological polar surface area (TPSA) is 49.4 Å². The van der Waals surface area contributed by atoms with Crippen LogP contribution in [0.15, 0.2) is 24.3 Å². The molecule has 0 unspecified atom stereocenters. The molecule has 1 saturated heterocycles. The second-order valence-corrected chi connectivity index (χ2v) is 8.15. The summed E-state index contributed by atoms with van der Waals surface area (Å²) in [7, 11) is -3.11. The van der Waals surface area contributed by atoms with Crippen molar-refractivity contribution < 1.29 is 12.8 Å². The van der Waals surface area contributed by atoms with Gasteiger partial charge in [-0.2, -0.15) is 0 Å². The first-order valence-corrected chi connectivity index (χ1v) is 9.62. The minimum Gasteiger partial charge on any atom is -0.307 e. The van der Waals surface area contributed by atoms with Crippen molar-refractivity contribution in [3.63, 3.8) is 0 Å². The van der Waals surface area contributed by atoms with E-state index in [-0.39, 0.29) is 23.8 Å². The Morgan fingerprint density at radius 3 is 2.50 bits per heavy atom. The fourth-order valence-corrected chi connectivity index (χ4v) is 4.00. The molecule has 1 heterocycles. The molecule has 0 spiro atoms. The molecule has 0 amide bonds. The lowest BCUT2D eigenvalue weighted by Gasteiger charge is -2.38. The monoisotopic (exact) mass is 328 g/mol. The number of nitrogens with one attached hydrogen (secondary N) is 1. The Morgan fingerprint density at radius 1 is 1.36 bits per heavy atom. The fraction of sp³-hybridized carbons (Fsp3) is 0.625. The summed E-state index contributed by atoms with van der Waals surface area (Å²) in [4.78, 5) is 0. The minimum atomic E-state index is -3.11. The van der Waals surface area contributed by atoms with Crippen LogP contribution in [0.5, 0.6) is 0 Å². The van der Waals surface area contributed by atoms with Gasteiger partial charge in [-0.15, -0.1) is 0 Å². The predicted molar refractivity (Wildman–Crippen MR) is 86.6 cm³/mol. The van der Waals surface area contributed by atoms with Crippen molar-refractivity contribution in [2.45, 2.75) is 38.8 Å². The fourth-order valence-electron chi connectivity index (χ4n) is 3.06. The Hall–Kier alpha value is -0.980. The summed E-state index contributed by atoms with van der Waals surface area (Å²) in [5, 5.41) is 3.62. The van der Waals surface area contributed by atoms with Crippen molar-refractivity contribution in [3.05, 3.63) is 35.6 Å². The first-order chi connectivity index (χ1) is 10.3.